The topological polar surface area (TPSA) is 69.7 Å². The van der Waals surface area contributed by atoms with Crippen molar-refractivity contribution in [2.24, 2.45) is 0 Å². The monoisotopic (exact) mass is 370 g/mol. The maximum Gasteiger partial charge on any atom is 0.257 e. The van der Waals surface area contributed by atoms with E-state index in [-0.39, 0.29) is 5.91 Å². The van der Waals surface area contributed by atoms with Crippen molar-refractivity contribution < 1.29 is 19.0 Å². The first-order chi connectivity index (χ1) is 12.7. The molecule has 0 aliphatic rings. The van der Waals surface area contributed by atoms with Gasteiger partial charge in [0, 0.05) is 23.1 Å². The molecule has 0 saturated heterocycles. The average Bonchev–Trinajstić information content (AvgIpc) is 3.15. The first-order valence-electron chi connectivity index (χ1n) is 7.78. The van der Waals surface area contributed by atoms with Gasteiger partial charge in [-0.3, -0.25) is 10.1 Å². The molecule has 2 aromatic carbocycles. The molecular formula is C19H18N2O4S. The number of nitrogens with zero attached hydrogens (tertiary/aromatic N) is 1. The molecule has 0 bridgehead atoms. The largest absolute Gasteiger partial charge is 0.496 e. The van der Waals surface area contributed by atoms with Crippen LogP contribution in [-0.2, 0) is 0 Å². The molecule has 0 spiro atoms. The van der Waals surface area contributed by atoms with Gasteiger partial charge in [-0.05, 0) is 12.1 Å². The van der Waals surface area contributed by atoms with Crippen LogP contribution in [0.3, 0.4) is 0 Å². The number of methoxy groups -OCH3 is 3. The number of rotatable bonds is 6. The van der Waals surface area contributed by atoms with E-state index in [1.807, 2.05) is 23.6 Å². The lowest BCUT2D eigenvalue weighted by Crippen LogP contribution is -2.11. The Hall–Kier alpha value is -3.06. The van der Waals surface area contributed by atoms with Crippen molar-refractivity contribution in [1.29, 1.82) is 0 Å². The summed E-state index contributed by atoms with van der Waals surface area (Å²) in [5.74, 6) is 1.57. The fourth-order valence-corrected chi connectivity index (χ4v) is 3.16. The third-order valence-corrected chi connectivity index (χ3v) is 4.49. The van der Waals surface area contributed by atoms with Crippen molar-refractivity contribution in [2.45, 2.75) is 0 Å². The molecule has 0 aliphatic carbocycles. The van der Waals surface area contributed by atoms with Crippen molar-refractivity contribution >= 4 is 22.4 Å². The van der Waals surface area contributed by atoms with E-state index in [2.05, 4.69) is 10.3 Å². The van der Waals surface area contributed by atoms with Gasteiger partial charge in [0.05, 0.1) is 32.6 Å². The zero-order chi connectivity index (χ0) is 18.5. The van der Waals surface area contributed by atoms with Gasteiger partial charge in [-0.1, -0.05) is 18.2 Å². The fraction of sp³-hybridized carbons (Fsp3) is 0.158. The zero-order valence-corrected chi connectivity index (χ0v) is 15.4. The summed E-state index contributed by atoms with van der Waals surface area (Å²) in [6.07, 6.45) is 0. The van der Waals surface area contributed by atoms with E-state index >= 15 is 0 Å². The summed E-state index contributed by atoms with van der Waals surface area (Å²) in [5.41, 5.74) is 1.92. The first-order valence-corrected chi connectivity index (χ1v) is 8.66. The smallest absolute Gasteiger partial charge is 0.257 e. The number of hydrogen-bond donors (Lipinski definition) is 1. The molecule has 3 rings (SSSR count). The normalized spacial score (nSPS) is 10.3. The number of aromatic nitrogens is 1. The summed E-state index contributed by atoms with van der Waals surface area (Å²) in [6.45, 7) is 0. The summed E-state index contributed by atoms with van der Waals surface area (Å²) >= 11 is 1.33. The lowest BCUT2D eigenvalue weighted by molar-refractivity contribution is 0.102. The van der Waals surface area contributed by atoms with E-state index in [4.69, 9.17) is 14.2 Å². The summed E-state index contributed by atoms with van der Waals surface area (Å²) in [7, 11) is 4.72. The molecule has 1 heterocycles. The van der Waals surface area contributed by atoms with Crippen molar-refractivity contribution in [3.63, 3.8) is 0 Å². The second-order valence-electron chi connectivity index (χ2n) is 5.26. The Morgan fingerprint density at radius 2 is 1.65 bits per heavy atom. The Bertz CT molecular complexity index is 884. The Morgan fingerprint density at radius 1 is 1.00 bits per heavy atom. The second-order valence-corrected chi connectivity index (χ2v) is 6.12. The van der Waals surface area contributed by atoms with E-state index in [0.29, 0.717) is 39.2 Å². The van der Waals surface area contributed by atoms with Crippen LogP contribution < -0.4 is 19.5 Å². The molecular weight excluding hydrogens is 352 g/mol. The van der Waals surface area contributed by atoms with Crippen LogP contribution in [0.4, 0.5) is 5.13 Å². The van der Waals surface area contributed by atoms with Crippen molar-refractivity contribution in [3.05, 3.63) is 53.4 Å². The van der Waals surface area contributed by atoms with Gasteiger partial charge < -0.3 is 14.2 Å². The van der Waals surface area contributed by atoms with Crippen molar-refractivity contribution in [3.8, 4) is 28.5 Å². The van der Waals surface area contributed by atoms with Crippen LogP contribution in [-0.4, -0.2) is 32.2 Å². The number of amides is 1. The van der Waals surface area contributed by atoms with Gasteiger partial charge in [-0.15, -0.1) is 11.3 Å². The standard InChI is InChI=1S/C19H18N2O4S/c1-23-13-9-15(24-2)17(16(10-13)25-3)14-11-26-19(20-14)21-18(22)12-7-5-4-6-8-12/h4-11H,1-3H3,(H,20,21,22). The zero-order valence-electron chi connectivity index (χ0n) is 14.6. The summed E-state index contributed by atoms with van der Waals surface area (Å²) < 4.78 is 16.2. The molecule has 0 fully saturated rings. The molecule has 0 radical (unpaired) electrons. The molecule has 7 heteroatoms. The molecule has 1 N–H and O–H groups in total. The lowest BCUT2D eigenvalue weighted by Gasteiger charge is -2.13. The Labute approximate surface area is 155 Å². The van der Waals surface area contributed by atoms with Crippen LogP contribution in [0.5, 0.6) is 17.2 Å². The van der Waals surface area contributed by atoms with E-state index < -0.39 is 0 Å². The highest BCUT2D eigenvalue weighted by Gasteiger charge is 2.18. The molecule has 1 amide bonds. The Morgan fingerprint density at radius 3 is 2.23 bits per heavy atom. The highest BCUT2D eigenvalue weighted by molar-refractivity contribution is 7.14. The molecule has 0 saturated carbocycles. The van der Waals surface area contributed by atoms with Crippen LogP contribution in [0.15, 0.2) is 47.8 Å². The number of ether oxygens (including phenoxy) is 3. The molecule has 6 nitrogen and oxygen atoms in total. The maximum absolute atomic E-state index is 12.3. The summed E-state index contributed by atoms with van der Waals surface area (Å²) in [4.78, 5) is 16.8. The van der Waals surface area contributed by atoms with E-state index in [9.17, 15) is 4.79 Å². The quantitative estimate of drug-likeness (QED) is 0.708. The Balaban J connectivity index is 1.91. The second kappa shape index (κ2) is 7.88. The van der Waals surface area contributed by atoms with E-state index in [0.717, 1.165) is 0 Å². The number of thiazole rings is 1. The Kier molecular flexibility index (Phi) is 5.38. The lowest BCUT2D eigenvalue weighted by atomic mass is 10.1. The average molecular weight is 370 g/mol. The number of benzene rings is 2. The van der Waals surface area contributed by atoms with Crippen molar-refractivity contribution in [2.75, 3.05) is 26.6 Å². The van der Waals surface area contributed by atoms with Gasteiger partial charge in [0.2, 0.25) is 0 Å². The van der Waals surface area contributed by atoms with Crippen LogP contribution >= 0.6 is 11.3 Å². The molecule has 26 heavy (non-hydrogen) atoms. The molecule has 0 unspecified atom stereocenters. The number of nitrogens with one attached hydrogen (secondary N) is 1. The molecule has 134 valence electrons. The molecule has 0 aliphatic heterocycles. The van der Waals surface area contributed by atoms with Crippen LogP contribution in [0.2, 0.25) is 0 Å². The molecule has 3 aromatic rings. The highest BCUT2D eigenvalue weighted by atomic mass is 32.1. The number of carbonyl (C=O) groups excluding carboxylic acids is 1. The van der Waals surface area contributed by atoms with Gasteiger partial charge in [0.15, 0.2) is 5.13 Å². The summed E-state index contributed by atoms with van der Waals surface area (Å²) in [5, 5.41) is 5.14. The van der Waals surface area contributed by atoms with Gasteiger partial charge in [-0.2, -0.15) is 0 Å². The third-order valence-electron chi connectivity index (χ3n) is 3.73. The predicted octanol–water partition coefficient (Wildman–Crippen LogP) is 4.09. The van der Waals surface area contributed by atoms with Gasteiger partial charge >= 0.3 is 0 Å². The fourth-order valence-electron chi connectivity index (χ4n) is 2.46. The van der Waals surface area contributed by atoms with Gasteiger partial charge in [0.1, 0.15) is 17.2 Å². The maximum atomic E-state index is 12.3. The van der Waals surface area contributed by atoms with Gasteiger partial charge in [-0.25, -0.2) is 4.98 Å². The van der Waals surface area contributed by atoms with Crippen LogP contribution in [0, 0.1) is 0 Å². The SMILES string of the molecule is COc1cc(OC)c(-c2csc(NC(=O)c3ccccc3)n2)c(OC)c1. The number of hydrogen-bond acceptors (Lipinski definition) is 6. The van der Waals surface area contributed by atoms with Crippen LogP contribution in [0.1, 0.15) is 10.4 Å². The predicted molar refractivity (Wildman–Crippen MR) is 102 cm³/mol. The third kappa shape index (κ3) is 3.62. The van der Waals surface area contributed by atoms with Crippen molar-refractivity contribution in [1.82, 2.24) is 4.98 Å². The molecule has 1 aromatic heterocycles. The van der Waals surface area contributed by atoms with E-state index in [1.54, 1.807) is 45.6 Å². The summed E-state index contributed by atoms with van der Waals surface area (Å²) in [6, 6.07) is 12.5. The number of carbonyl (C=O) groups is 1. The minimum Gasteiger partial charge on any atom is -0.496 e. The van der Waals surface area contributed by atoms with E-state index in [1.165, 1.54) is 11.3 Å². The minimum absolute atomic E-state index is 0.208. The van der Waals surface area contributed by atoms with Gasteiger partial charge in [0.25, 0.3) is 5.91 Å². The highest BCUT2D eigenvalue weighted by Crippen LogP contribution is 2.42. The number of anilines is 1. The minimum atomic E-state index is -0.208. The first kappa shape index (κ1) is 17.8. The van der Waals surface area contributed by atoms with Crippen LogP contribution in [0.25, 0.3) is 11.3 Å². The molecule has 0 atom stereocenters.